The van der Waals surface area contributed by atoms with Crippen molar-refractivity contribution in [3.8, 4) is 5.75 Å². The topological polar surface area (TPSA) is 108 Å². The number of fused-ring (bicyclic) bond motifs is 1. The van der Waals surface area contributed by atoms with Crippen molar-refractivity contribution in [1.82, 2.24) is 5.32 Å². The Balaban J connectivity index is 1.98. The number of primary sulfonamides is 1. The maximum Gasteiger partial charge on any atom is 0.261 e. The molecular weight excluding hydrogens is 296 g/mol. The number of nitrogens with two attached hydrogens (primary N) is 1. The summed E-state index contributed by atoms with van der Waals surface area (Å²) in [6.07, 6.45) is 0.407. The number of hydrogen-bond donors (Lipinski definition) is 2. The maximum absolute atomic E-state index is 11.9. The van der Waals surface area contributed by atoms with Gasteiger partial charge >= 0.3 is 0 Å². The van der Waals surface area contributed by atoms with Gasteiger partial charge in [0.1, 0.15) is 5.75 Å². The second kappa shape index (κ2) is 6.42. The zero-order chi connectivity index (χ0) is 15.5. The summed E-state index contributed by atoms with van der Waals surface area (Å²) in [4.78, 5) is 12.0. The van der Waals surface area contributed by atoms with Crippen molar-refractivity contribution >= 4 is 15.9 Å². The van der Waals surface area contributed by atoms with E-state index in [1.807, 2.05) is 0 Å². The first-order valence-electron chi connectivity index (χ1n) is 6.51. The number of hydrogen-bond acceptors (Lipinski definition) is 5. The van der Waals surface area contributed by atoms with Gasteiger partial charge in [-0.2, -0.15) is 0 Å². The molecule has 0 spiro atoms. The van der Waals surface area contributed by atoms with Gasteiger partial charge in [0.05, 0.1) is 4.90 Å². The molecule has 0 aromatic heterocycles. The van der Waals surface area contributed by atoms with Crippen LogP contribution < -0.4 is 15.2 Å². The molecule has 116 valence electrons. The molecule has 1 aliphatic rings. The van der Waals surface area contributed by atoms with Gasteiger partial charge in [-0.25, -0.2) is 13.6 Å². The number of ether oxygens (including phenoxy) is 2. The Kier molecular flexibility index (Phi) is 4.81. The first-order valence-corrected chi connectivity index (χ1v) is 8.05. The van der Waals surface area contributed by atoms with Gasteiger partial charge in [0.15, 0.2) is 6.10 Å². The lowest BCUT2D eigenvalue weighted by molar-refractivity contribution is -0.127. The minimum atomic E-state index is -3.75. The minimum absolute atomic E-state index is 0.0194. The van der Waals surface area contributed by atoms with Gasteiger partial charge in [0, 0.05) is 26.7 Å². The maximum atomic E-state index is 11.9. The predicted molar refractivity (Wildman–Crippen MR) is 75.4 cm³/mol. The lowest BCUT2D eigenvalue weighted by Crippen LogP contribution is -2.38. The largest absolute Gasteiger partial charge is 0.480 e. The van der Waals surface area contributed by atoms with Crippen LogP contribution in [0.1, 0.15) is 12.0 Å². The van der Waals surface area contributed by atoms with Gasteiger partial charge in [0.2, 0.25) is 10.0 Å². The number of carbonyl (C=O) groups excluding carboxylic acids is 1. The van der Waals surface area contributed by atoms with Crippen LogP contribution in [0.3, 0.4) is 0 Å². The molecule has 1 unspecified atom stereocenters. The number of rotatable bonds is 6. The molecule has 1 aromatic carbocycles. The van der Waals surface area contributed by atoms with E-state index in [1.54, 1.807) is 7.11 Å². The lowest BCUT2D eigenvalue weighted by Gasteiger charge is -2.10. The van der Waals surface area contributed by atoms with Crippen molar-refractivity contribution in [3.05, 3.63) is 23.8 Å². The molecule has 3 N–H and O–H groups in total. The third kappa shape index (κ3) is 3.93. The van der Waals surface area contributed by atoms with Gasteiger partial charge in [-0.05, 0) is 30.2 Å². The Morgan fingerprint density at radius 3 is 2.95 bits per heavy atom. The summed E-state index contributed by atoms with van der Waals surface area (Å²) in [5.41, 5.74) is 0.665. The molecule has 0 saturated heterocycles. The third-order valence-corrected chi connectivity index (χ3v) is 4.06. The second-order valence-corrected chi connectivity index (χ2v) is 6.32. The van der Waals surface area contributed by atoms with E-state index in [9.17, 15) is 13.2 Å². The summed E-state index contributed by atoms with van der Waals surface area (Å²) in [6, 6.07) is 4.34. The van der Waals surface area contributed by atoms with Crippen LogP contribution in [0.15, 0.2) is 23.1 Å². The van der Waals surface area contributed by atoms with Crippen LogP contribution in [0.4, 0.5) is 0 Å². The van der Waals surface area contributed by atoms with Crippen LogP contribution in [-0.2, 0) is 26.0 Å². The fourth-order valence-corrected chi connectivity index (χ4v) is 2.65. The van der Waals surface area contributed by atoms with Crippen LogP contribution >= 0.6 is 0 Å². The number of sulfonamides is 1. The molecule has 0 radical (unpaired) electrons. The normalized spacial score (nSPS) is 17.1. The summed E-state index contributed by atoms with van der Waals surface area (Å²) < 4.78 is 33.0. The van der Waals surface area contributed by atoms with Crippen molar-refractivity contribution < 1.29 is 22.7 Å². The Labute approximate surface area is 123 Å². The van der Waals surface area contributed by atoms with E-state index in [4.69, 9.17) is 14.6 Å². The van der Waals surface area contributed by atoms with Gasteiger partial charge < -0.3 is 14.8 Å². The Hall–Kier alpha value is -1.64. The fourth-order valence-electron chi connectivity index (χ4n) is 2.09. The van der Waals surface area contributed by atoms with Crippen molar-refractivity contribution in [2.24, 2.45) is 5.14 Å². The highest BCUT2D eigenvalue weighted by atomic mass is 32.2. The summed E-state index contributed by atoms with van der Waals surface area (Å²) in [7, 11) is -2.15. The summed E-state index contributed by atoms with van der Waals surface area (Å²) in [5.74, 6) is 0.291. The van der Waals surface area contributed by atoms with E-state index in [1.165, 1.54) is 18.2 Å². The second-order valence-electron chi connectivity index (χ2n) is 4.76. The molecule has 1 atom stereocenters. The zero-order valence-electron chi connectivity index (χ0n) is 11.7. The molecule has 7 nitrogen and oxygen atoms in total. The highest BCUT2D eigenvalue weighted by Crippen LogP contribution is 2.30. The van der Waals surface area contributed by atoms with Crippen LogP contribution in [0.2, 0.25) is 0 Å². The average molecular weight is 314 g/mol. The molecule has 1 amide bonds. The number of nitrogens with one attached hydrogen (secondary N) is 1. The van der Waals surface area contributed by atoms with E-state index >= 15 is 0 Å². The van der Waals surface area contributed by atoms with Crippen molar-refractivity contribution in [1.29, 1.82) is 0 Å². The van der Waals surface area contributed by atoms with E-state index < -0.39 is 16.1 Å². The monoisotopic (exact) mass is 314 g/mol. The van der Waals surface area contributed by atoms with Gasteiger partial charge in [-0.15, -0.1) is 0 Å². The molecule has 21 heavy (non-hydrogen) atoms. The summed E-state index contributed by atoms with van der Waals surface area (Å²) in [6.45, 7) is 1.08. The van der Waals surface area contributed by atoms with Gasteiger partial charge in [0.25, 0.3) is 5.91 Å². The Bertz CT molecular complexity index is 629. The number of amides is 1. The van der Waals surface area contributed by atoms with Gasteiger partial charge in [-0.1, -0.05) is 0 Å². The Morgan fingerprint density at radius 2 is 2.29 bits per heavy atom. The SMILES string of the molecule is COCCCNC(=O)C1Cc2cc(S(N)(=O)=O)ccc2O1. The number of carbonyl (C=O) groups is 1. The summed E-state index contributed by atoms with van der Waals surface area (Å²) >= 11 is 0. The van der Waals surface area contributed by atoms with E-state index in [0.717, 1.165) is 6.42 Å². The van der Waals surface area contributed by atoms with E-state index in [0.29, 0.717) is 30.9 Å². The average Bonchev–Trinajstić information content (AvgIpc) is 2.85. The third-order valence-electron chi connectivity index (χ3n) is 3.15. The smallest absolute Gasteiger partial charge is 0.261 e. The lowest BCUT2D eigenvalue weighted by atomic mass is 10.1. The molecule has 8 heteroatoms. The number of methoxy groups -OCH3 is 1. The first-order chi connectivity index (χ1) is 9.91. The molecule has 1 aromatic rings. The highest BCUT2D eigenvalue weighted by Gasteiger charge is 2.29. The zero-order valence-corrected chi connectivity index (χ0v) is 12.5. The Morgan fingerprint density at radius 1 is 1.52 bits per heavy atom. The van der Waals surface area contributed by atoms with E-state index in [2.05, 4.69) is 5.32 Å². The minimum Gasteiger partial charge on any atom is -0.480 e. The molecular formula is C13H18N2O5S. The molecule has 1 heterocycles. The van der Waals surface area contributed by atoms with Crippen molar-refractivity contribution in [3.63, 3.8) is 0 Å². The van der Waals surface area contributed by atoms with Crippen molar-refractivity contribution in [2.45, 2.75) is 23.8 Å². The van der Waals surface area contributed by atoms with E-state index in [-0.39, 0.29) is 10.8 Å². The van der Waals surface area contributed by atoms with Gasteiger partial charge in [-0.3, -0.25) is 4.79 Å². The predicted octanol–water partition coefficient (Wildman–Crippen LogP) is -0.210. The highest BCUT2D eigenvalue weighted by molar-refractivity contribution is 7.89. The first kappa shape index (κ1) is 15.7. The van der Waals surface area contributed by atoms with Crippen molar-refractivity contribution in [2.75, 3.05) is 20.3 Å². The number of benzene rings is 1. The molecule has 0 saturated carbocycles. The van der Waals surface area contributed by atoms with Crippen LogP contribution in [-0.4, -0.2) is 40.7 Å². The fraction of sp³-hybridized carbons (Fsp3) is 0.462. The van der Waals surface area contributed by atoms with Crippen LogP contribution in [0.25, 0.3) is 0 Å². The molecule has 0 fully saturated rings. The standard InChI is InChI=1S/C13H18N2O5S/c1-19-6-2-5-15-13(16)12-8-9-7-10(21(14,17)18)3-4-11(9)20-12/h3-4,7,12H,2,5-6,8H2,1H3,(H,15,16)(H2,14,17,18). The quantitative estimate of drug-likeness (QED) is 0.706. The molecule has 2 rings (SSSR count). The summed E-state index contributed by atoms with van der Waals surface area (Å²) in [5, 5.41) is 7.83. The molecule has 0 aliphatic carbocycles. The van der Waals surface area contributed by atoms with Crippen LogP contribution in [0.5, 0.6) is 5.75 Å². The van der Waals surface area contributed by atoms with Crippen LogP contribution in [0, 0.1) is 0 Å². The molecule has 1 aliphatic heterocycles. The molecule has 0 bridgehead atoms.